The molecule has 4 saturated carbocycles. The number of unbranched alkanes of at least 4 members (excludes halogenated alkanes) is 3. The van der Waals surface area contributed by atoms with Gasteiger partial charge >= 0.3 is 5.97 Å². The van der Waals surface area contributed by atoms with E-state index >= 15 is 0 Å². The van der Waals surface area contributed by atoms with Gasteiger partial charge in [-0.15, -0.1) is 11.3 Å². The number of nitrogens with one attached hydrogen (secondary N) is 1. The van der Waals surface area contributed by atoms with Gasteiger partial charge in [0.05, 0.1) is 10.9 Å². The van der Waals surface area contributed by atoms with E-state index in [1.54, 1.807) is 0 Å². The van der Waals surface area contributed by atoms with Crippen molar-refractivity contribution in [3.63, 3.8) is 0 Å². The van der Waals surface area contributed by atoms with Gasteiger partial charge in [0.15, 0.2) is 5.78 Å². The standard InChI is InChI=1S/C39H57NO6S/c1-23(2)37(33-15-14-32(47-33)30(42)10-8-6-7-9-11-35(45)46)40-34(44)20-24(3)27-12-13-28-36-29(17-19-39(27,28)5)38(4)18-16-26(41)21-25(38)22-31(36)43/h14-15,23-25,27-29,36-37H,6-13,16-22H2,1-5H3,(H,40,44)(H,45,46)/t24-,25+,27-,28+,29+,36+,37-,38+,39-/m1/s1. The van der Waals surface area contributed by atoms with Crippen molar-refractivity contribution in [2.24, 2.45) is 52.3 Å². The Labute approximate surface area is 285 Å². The van der Waals surface area contributed by atoms with Gasteiger partial charge in [0.2, 0.25) is 5.91 Å². The number of carboxylic acids is 1. The quantitative estimate of drug-likeness (QED) is 0.152. The fourth-order valence-electron chi connectivity index (χ4n) is 10.6. The van der Waals surface area contributed by atoms with Crippen LogP contribution in [0.15, 0.2) is 12.1 Å². The molecular formula is C39H57NO6S. The minimum atomic E-state index is -0.776. The number of thiophene rings is 1. The number of rotatable bonds is 14. The van der Waals surface area contributed by atoms with Crippen LogP contribution in [0.1, 0.15) is 152 Å². The topological polar surface area (TPSA) is 118 Å². The maximum Gasteiger partial charge on any atom is 0.303 e. The Morgan fingerprint density at radius 1 is 0.915 bits per heavy atom. The molecule has 1 aromatic heterocycles. The van der Waals surface area contributed by atoms with Crippen molar-refractivity contribution in [1.82, 2.24) is 5.32 Å². The average Bonchev–Trinajstić information content (AvgIpc) is 3.63. The summed E-state index contributed by atoms with van der Waals surface area (Å²) in [6, 6.07) is 3.71. The van der Waals surface area contributed by atoms with E-state index in [1.807, 2.05) is 12.1 Å². The summed E-state index contributed by atoms with van der Waals surface area (Å²) < 4.78 is 0. The molecular weight excluding hydrogens is 610 g/mol. The van der Waals surface area contributed by atoms with Crippen molar-refractivity contribution in [3.8, 4) is 0 Å². The Morgan fingerprint density at radius 2 is 1.62 bits per heavy atom. The number of carboxylic acid groups (broad SMARTS) is 1. The lowest BCUT2D eigenvalue weighted by atomic mass is 9.44. The summed E-state index contributed by atoms with van der Waals surface area (Å²) in [6.45, 7) is 11.2. The first-order valence-corrected chi connectivity index (χ1v) is 19.2. The van der Waals surface area contributed by atoms with Crippen molar-refractivity contribution < 1.29 is 29.1 Å². The average molecular weight is 668 g/mol. The minimum absolute atomic E-state index is 0.0514. The van der Waals surface area contributed by atoms with E-state index < -0.39 is 5.97 Å². The second kappa shape index (κ2) is 14.6. The number of fused-ring (bicyclic) bond motifs is 5. The van der Waals surface area contributed by atoms with Gasteiger partial charge in [0.25, 0.3) is 0 Å². The van der Waals surface area contributed by atoms with Gasteiger partial charge in [-0.05, 0) is 103 Å². The summed E-state index contributed by atoms with van der Waals surface area (Å²) in [7, 11) is 0. The molecule has 4 fully saturated rings. The van der Waals surface area contributed by atoms with Crippen molar-refractivity contribution in [2.45, 2.75) is 137 Å². The molecule has 0 radical (unpaired) electrons. The van der Waals surface area contributed by atoms with Crippen LogP contribution in [-0.4, -0.2) is 34.3 Å². The maximum absolute atomic E-state index is 13.7. The lowest BCUT2D eigenvalue weighted by molar-refractivity contribution is -0.159. The molecule has 4 aliphatic carbocycles. The number of carbonyl (C=O) groups excluding carboxylic acids is 4. The molecule has 260 valence electrons. The third kappa shape index (κ3) is 7.47. The second-order valence-electron chi connectivity index (χ2n) is 16.5. The molecule has 0 aromatic carbocycles. The largest absolute Gasteiger partial charge is 0.481 e. The Morgan fingerprint density at radius 3 is 2.32 bits per heavy atom. The van der Waals surface area contributed by atoms with Gasteiger partial charge in [0.1, 0.15) is 11.6 Å². The normalized spacial score (nSPS) is 33.1. The first-order valence-electron chi connectivity index (χ1n) is 18.4. The predicted molar refractivity (Wildman–Crippen MR) is 184 cm³/mol. The molecule has 9 atom stereocenters. The molecule has 0 saturated heterocycles. The number of ketones is 3. The van der Waals surface area contributed by atoms with Crippen molar-refractivity contribution in [3.05, 3.63) is 21.9 Å². The van der Waals surface area contributed by atoms with Gasteiger partial charge in [-0.3, -0.25) is 24.0 Å². The molecule has 4 aliphatic rings. The van der Waals surface area contributed by atoms with E-state index in [0.29, 0.717) is 67.8 Å². The molecule has 47 heavy (non-hydrogen) atoms. The maximum atomic E-state index is 13.7. The lowest BCUT2D eigenvalue weighted by Crippen LogP contribution is -2.57. The zero-order chi connectivity index (χ0) is 34.1. The molecule has 0 spiro atoms. The molecule has 0 unspecified atom stereocenters. The van der Waals surface area contributed by atoms with Crippen LogP contribution in [0, 0.1) is 52.3 Å². The molecule has 8 heteroatoms. The molecule has 7 nitrogen and oxygen atoms in total. The van der Waals surface area contributed by atoms with E-state index in [9.17, 15) is 24.0 Å². The fourth-order valence-corrected chi connectivity index (χ4v) is 11.8. The van der Waals surface area contributed by atoms with Crippen molar-refractivity contribution >= 4 is 40.6 Å². The Kier molecular flexibility index (Phi) is 11.2. The van der Waals surface area contributed by atoms with Gasteiger partial charge in [0, 0.05) is 49.3 Å². The fraction of sp³-hybridized carbons (Fsp3) is 0.769. The number of aliphatic carboxylic acids is 1. The summed E-state index contributed by atoms with van der Waals surface area (Å²) in [5.41, 5.74) is 0.153. The summed E-state index contributed by atoms with van der Waals surface area (Å²) in [6.07, 6.45) is 11.2. The predicted octanol–water partition coefficient (Wildman–Crippen LogP) is 8.60. The van der Waals surface area contributed by atoms with Crippen LogP contribution in [-0.2, 0) is 19.2 Å². The highest BCUT2D eigenvalue weighted by molar-refractivity contribution is 7.14. The van der Waals surface area contributed by atoms with Crippen LogP contribution < -0.4 is 5.32 Å². The van der Waals surface area contributed by atoms with Gasteiger partial charge in [-0.25, -0.2) is 0 Å². The van der Waals surface area contributed by atoms with Crippen LogP contribution >= 0.6 is 11.3 Å². The highest BCUT2D eigenvalue weighted by atomic mass is 32.1. The zero-order valence-corrected chi connectivity index (χ0v) is 30.1. The first kappa shape index (κ1) is 35.9. The molecule has 1 amide bonds. The summed E-state index contributed by atoms with van der Waals surface area (Å²) in [5.74, 6) is 1.98. The summed E-state index contributed by atoms with van der Waals surface area (Å²) in [5, 5.41) is 12.1. The first-order chi connectivity index (χ1) is 22.2. The number of carbonyl (C=O) groups is 5. The molecule has 1 aromatic rings. The van der Waals surface area contributed by atoms with Crippen LogP contribution in [0.4, 0.5) is 0 Å². The van der Waals surface area contributed by atoms with E-state index in [4.69, 9.17) is 5.11 Å². The number of Topliss-reactive ketones (excluding diaryl/α,β-unsaturated/α-hetero) is 3. The molecule has 5 rings (SSSR count). The monoisotopic (exact) mass is 667 g/mol. The van der Waals surface area contributed by atoms with Crippen LogP contribution in [0.3, 0.4) is 0 Å². The summed E-state index contributed by atoms with van der Waals surface area (Å²) in [4.78, 5) is 64.9. The van der Waals surface area contributed by atoms with Crippen molar-refractivity contribution in [1.29, 1.82) is 0 Å². The van der Waals surface area contributed by atoms with Gasteiger partial charge in [-0.1, -0.05) is 47.5 Å². The SMILES string of the molecule is CC(C)[C@@H](NC(=O)C[C@@H](C)[C@H]1CC[C@H]2[C@@H]3C(=O)C[C@@H]4CC(=O)CC[C@]4(C)[C@H]3CC[C@]12C)c1ccc(C(=O)CCCCCCC(=O)O)s1. The van der Waals surface area contributed by atoms with Gasteiger partial charge < -0.3 is 10.4 Å². The van der Waals surface area contributed by atoms with Crippen molar-refractivity contribution in [2.75, 3.05) is 0 Å². The van der Waals surface area contributed by atoms with Gasteiger partial charge in [-0.2, -0.15) is 0 Å². The van der Waals surface area contributed by atoms with Crippen LogP contribution in [0.25, 0.3) is 0 Å². The Balaban J connectivity index is 1.17. The molecule has 0 aliphatic heterocycles. The summed E-state index contributed by atoms with van der Waals surface area (Å²) >= 11 is 1.48. The molecule has 2 N–H and O–H groups in total. The number of hydrogen-bond donors (Lipinski definition) is 2. The number of amides is 1. The second-order valence-corrected chi connectivity index (χ2v) is 17.6. The minimum Gasteiger partial charge on any atom is -0.481 e. The van der Waals surface area contributed by atoms with E-state index in [0.717, 1.165) is 61.1 Å². The third-order valence-electron chi connectivity index (χ3n) is 13.3. The third-order valence-corrected chi connectivity index (χ3v) is 14.5. The van der Waals surface area contributed by atoms with Crippen LogP contribution in [0.2, 0.25) is 0 Å². The lowest BCUT2D eigenvalue weighted by Gasteiger charge is -2.59. The highest BCUT2D eigenvalue weighted by Crippen LogP contribution is 2.67. The molecule has 1 heterocycles. The Hall–Kier alpha value is -2.35. The van der Waals surface area contributed by atoms with Crippen LogP contribution in [0.5, 0.6) is 0 Å². The van der Waals surface area contributed by atoms with E-state index in [-0.39, 0.29) is 58.7 Å². The smallest absolute Gasteiger partial charge is 0.303 e. The van der Waals surface area contributed by atoms with E-state index in [2.05, 4.69) is 39.9 Å². The Bertz CT molecular complexity index is 1350. The highest BCUT2D eigenvalue weighted by Gasteiger charge is 2.63. The number of hydrogen-bond acceptors (Lipinski definition) is 6. The van der Waals surface area contributed by atoms with E-state index in [1.165, 1.54) is 11.3 Å². The zero-order valence-electron chi connectivity index (χ0n) is 29.3. The molecule has 0 bridgehead atoms.